The molecule has 2 aromatic rings. The van der Waals surface area contributed by atoms with Crippen LogP contribution in [0.25, 0.3) is 11.1 Å². The van der Waals surface area contributed by atoms with Gasteiger partial charge in [0, 0.05) is 0 Å². The van der Waals surface area contributed by atoms with E-state index >= 15 is 0 Å². The number of nitrogens with zero attached hydrogens (tertiary/aromatic N) is 1. The number of carbonyl (C=O) groups is 1. The summed E-state index contributed by atoms with van der Waals surface area (Å²) >= 11 is 5.56. The van der Waals surface area contributed by atoms with Gasteiger partial charge >= 0.3 is 5.97 Å². The number of aromatic carboxylic acids is 1. The van der Waals surface area contributed by atoms with Crippen LogP contribution in [0.15, 0.2) is 53.5 Å². The minimum atomic E-state index is -0.942. The monoisotopic (exact) mass is 288 g/mol. The summed E-state index contributed by atoms with van der Waals surface area (Å²) in [5.41, 5.74) is 8.28. The van der Waals surface area contributed by atoms with Crippen molar-refractivity contribution in [2.45, 2.75) is 0 Å². The third-order valence-electron chi connectivity index (χ3n) is 2.72. The zero-order valence-corrected chi connectivity index (χ0v) is 11.3. The molecule has 0 saturated carbocycles. The minimum Gasteiger partial charge on any atom is -0.478 e. The molecule has 5 heteroatoms. The van der Waals surface area contributed by atoms with E-state index in [9.17, 15) is 4.79 Å². The summed E-state index contributed by atoms with van der Waals surface area (Å²) in [5, 5.41) is 8.98. The Morgan fingerprint density at radius 3 is 2.45 bits per heavy atom. The smallest absolute Gasteiger partial charge is 0.335 e. The molecule has 0 heterocycles. The molecule has 2 aromatic carbocycles. The maximum atomic E-state index is 10.9. The average molecular weight is 289 g/mol. The van der Waals surface area contributed by atoms with Crippen molar-refractivity contribution < 1.29 is 9.90 Å². The molecule has 0 saturated heterocycles. The van der Waals surface area contributed by atoms with Crippen molar-refractivity contribution in [1.82, 2.24) is 0 Å². The first kappa shape index (κ1) is 14.1. The average Bonchev–Trinajstić information content (AvgIpc) is 2.48. The van der Waals surface area contributed by atoms with Gasteiger partial charge in [-0.15, -0.1) is 11.6 Å². The molecule has 0 aliphatic heterocycles. The highest BCUT2D eigenvalue weighted by Crippen LogP contribution is 2.23. The largest absolute Gasteiger partial charge is 0.478 e. The van der Waals surface area contributed by atoms with E-state index < -0.39 is 5.97 Å². The zero-order valence-electron chi connectivity index (χ0n) is 10.6. The molecule has 0 aromatic heterocycles. The van der Waals surface area contributed by atoms with Gasteiger partial charge in [0.15, 0.2) is 0 Å². The Morgan fingerprint density at radius 1 is 1.15 bits per heavy atom. The van der Waals surface area contributed by atoms with Gasteiger partial charge in [-0.1, -0.05) is 24.3 Å². The Labute approximate surface area is 121 Å². The maximum Gasteiger partial charge on any atom is 0.335 e. The predicted molar refractivity (Wildman–Crippen MR) is 80.8 cm³/mol. The molecule has 0 fully saturated rings. The normalized spacial score (nSPS) is 11.3. The summed E-state index contributed by atoms with van der Waals surface area (Å²) in [4.78, 5) is 15.1. The molecule has 0 amide bonds. The summed E-state index contributed by atoms with van der Waals surface area (Å²) in [5.74, 6) is -0.405. The van der Waals surface area contributed by atoms with Gasteiger partial charge in [0.1, 0.15) is 5.84 Å². The fraction of sp³-hybridized carbons (Fsp3) is 0.0667. The second-order valence-corrected chi connectivity index (χ2v) is 4.44. The van der Waals surface area contributed by atoms with E-state index in [1.807, 2.05) is 30.3 Å². The number of rotatable bonds is 4. The van der Waals surface area contributed by atoms with Crippen LogP contribution in [0.5, 0.6) is 0 Å². The van der Waals surface area contributed by atoms with E-state index in [2.05, 4.69) is 4.99 Å². The number of halogens is 1. The van der Waals surface area contributed by atoms with Crippen molar-refractivity contribution in [3.63, 3.8) is 0 Å². The highest BCUT2D eigenvalue weighted by atomic mass is 35.5. The molecule has 0 aliphatic rings. The number of hydrogen-bond donors (Lipinski definition) is 2. The minimum absolute atomic E-state index is 0.183. The number of carboxylic acids is 1. The van der Waals surface area contributed by atoms with Gasteiger partial charge in [-0.05, 0) is 35.4 Å². The highest BCUT2D eigenvalue weighted by Gasteiger charge is 2.04. The summed E-state index contributed by atoms with van der Waals surface area (Å²) in [7, 11) is 0. The Kier molecular flexibility index (Phi) is 4.38. The molecule has 0 bridgehead atoms. The Bertz CT molecular complexity index is 651. The molecular formula is C15H13ClN2O2. The van der Waals surface area contributed by atoms with E-state index in [0.717, 1.165) is 11.1 Å². The summed E-state index contributed by atoms with van der Waals surface area (Å²) in [6.45, 7) is 0. The van der Waals surface area contributed by atoms with Gasteiger partial charge in [0.2, 0.25) is 0 Å². The van der Waals surface area contributed by atoms with E-state index in [1.165, 1.54) is 0 Å². The number of hydrogen-bond acceptors (Lipinski definition) is 2. The van der Waals surface area contributed by atoms with Crippen LogP contribution in [-0.4, -0.2) is 22.8 Å². The molecule has 0 spiro atoms. The van der Waals surface area contributed by atoms with Crippen LogP contribution in [0.4, 0.5) is 5.69 Å². The maximum absolute atomic E-state index is 10.9. The Morgan fingerprint density at radius 2 is 1.85 bits per heavy atom. The highest BCUT2D eigenvalue weighted by molar-refractivity contribution is 6.28. The molecule has 3 N–H and O–H groups in total. The molecule has 0 aliphatic carbocycles. The number of aliphatic imine (C=N–C) groups is 1. The van der Waals surface area contributed by atoms with Crippen LogP contribution in [0.2, 0.25) is 0 Å². The van der Waals surface area contributed by atoms with E-state index in [1.54, 1.807) is 18.2 Å². The fourth-order valence-electron chi connectivity index (χ4n) is 1.76. The molecule has 2 rings (SSSR count). The number of benzene rings is 2. The molecule has 4 nitrogen and oxygen atoms in total. The SMILES string of the molecule is NC(CCl)=Nc1ccc(-c2cccc(C(=O)O)c2)cc1. The Hall–Kier alpha value is -2.33. The lowest BCUT2D eigenvalue weighted by atomic mass is 10.0. The number of alkyl halides is 1. The Balaban J connectivity index is 2.30. The van der Waals surface area contributed by atoms with Crippen molar-refractivity contribution in [3.8, 4) is 11.1 Å². The predicted octanol–water partition coefficient (Wildman–Crippen LogP) is 3.28. The number of amidine groups is 1. The van der Waals surface area contributed by atoms with Crippen molar-refractivity contribution in [1.29, 1.82) is 0 Å². The quantitative estimate of drug-likeness (QED) is 0.515. The fourth-order valence-corrected chi connectivity index (χ4v) is 1.82. The third kappa shape index (κ3) is 3.36. The van der Waals surface area contributed by atoms with Crippen molar-refractivity contribution >= 4 is 29.1 Å². The van der Waals surface area contributed by atoms with Gasteiger partial charge in [-0.2, -0.15) is 0 Å². The number of nitrogens with two attached hydrogens (primary N) is 1. The summed E-state index contributed by atoms with van der Waals surface area (Å²) in [6.07, 6.45) is 0. The van der Waals surface area contributed by atoms with Gasteiger partial charge in [0.25, 0.3) is 0 Å². The van der Waals surface area contributed by atoms with Crippen LogP contribution >= 0.6 is 11.6 Å². The van der Waals surface area contributed by atoms with Crippen molar-refractivity contribution in [2.75, 3.05) is 5.88 Å². The molecule has 20 heavy (non-hydrogen) atoms. The topological polar surface area (TPSA) is 75.7 Å². The lowest BCUT2D eigenvalue weighted by Gasteiger charge is -2.04. The molecule has 0 atom stereocenters. The first-order chi connectivity index (χ1) is 9.60. The third-order valence-corrected chi connectivity index (χ3v) is 2.99. The second-order valence-electron chi connectivity index (χ2n) is 4.17. The lowest BCUT2D eigenvalue weighted by molar-refractivity contribution is 0.0697. The van der Waals surface area contributed by atoms with Crippen molar-refractivity contribution in [2.24, 2.45) is 10.7 Å². The lowest BCUT2D eigenvalue weighted by Crippen LogP contribution is -2.12. The van der Waals surface area contributed by atoms with Gasteiger partial charge in [-0.25, -0.2) is 9.79 Å². The summed E-state index contributed by atoms with van der Waals surface area (Å²) < 4.78 is 0. The van der Waals surface area contributed by atoms with Gasteiger partial charge < -0.3 is 10.8 Å². The molecule has 102 valence electrons. The number of carboxylic acid groups (broad SMARTS) is 1. The first-order valence-corrected chi connectivity index (χ1v) is 6.46. The van der Waals surface area contributed by atoms with Crippen LogP contribution in [0, 0.1) is 0 Å². The van der Waals surface area contributed by atoms with E-state index in [4.69, 9.17) is 22.4 Å². The van der Waals surface area contributed by atoms with Crippen LogP contribution < -0.4 is 5.73 Å². The first-order valence-electron chi connectivity index (χ1n) is 5.93. The molecule has 0 radical (unpaired) electrons. The zero-order chi connectivity index (χ0) is 14.5. The summed E-state index contributed by atoms with van der Waals surface area (Å²) in [6, 6.07) is 14.1. The van der Waals surface area contributed by atoms with Gasteiger partial charge in [0.05, 0.1) is 17.1 Å². The van der Waals surface area contributed by atoms with Crippen molar-refractivity contribution in [3.05, 3.63) is 54.1 Å². The molecule has 0 unspecified atom stereocenters. The van der Waals surface area contributed by atoms with Crippen LogP contribution in [-0.2, 0) is 0 Å². The standard InChI is InChI=1S/C15H13ClN2O2/c16-9-14(17)18-13-6-4-10(5-7-13)11-2-1-3-12(8-11)15(19)20/h1-8H,9H2,(H2,17,18)(H,19,20). The molecular weight excluding hydrogens is 276 g/mol. The van der Waals surface area contributed by atoms with Gasteiger partial charge in [-0.3, -0.25) is 0 Å². The van der Waals surface area contributed by atoms with E-state index in [0.29, 0.717) is 11.5 Å². The second kappa shape index (κ2) is 6.21. The van der Waals surface area contributed by atoms with E-state index in [-0.39, 0.29) is 11.4 Å². The van der Waals surface area contributed by atoms with Crippen LogP contribution in [0.1, 0.15) is 10.4 Å². The van der Waals surface area contributed by atoms with Crippen LogP contribution in [0.3, 0.4) is 0 Å².